The highest BCUT2D eigenvalue weighted by atomic mass is 32.1. The van der Waals surface area contributed by atoms with Gasteiger partial charge in [-0.3, -0.25) is 18.7 Å². The van der Waals surface area contributed by atoms with Gasteiger partial charge in [0.1, 0.15) is 4.83 Å². The van der Waals surface area contributed by atoms with E-state index in [9.17, 15) is 14.4 Å². The first kappa shape index (κ1) is 16.8. The first-order valence-corrected chi connectivity index (χ1v) is 9.33. The summed E-state index contributed by atoms with van der Waals surface area (Å²) < 4.78 is 2.50. The molecule has 6 nitrogen and oxygen atoms in total. The summed E-state index contributed by atoms with van der Waals surface area (Å²) in [5.74, 6) is 0.269. The van der Waals surface area contributed by atoms with Crippen molar-refractivity contribution in [3.05, 3.63) is 67.7 Å². The molecule has 3 heterocycles. The van der Waals surface area contributed by atoms with E-state index in [4.69, 9.17) is 0 Å². The van der Waals surface area contributed by atoms with Crippen LogP contribution in [0.25, 0.3) is 10.2 Å². The molecule has 1 amide bonds. The van der Waals surface area contributed by atoms with E-state index in [0.717, 1.165) is 11.0 Å². The topological polar surface area (TPSA) is 64.3 Å². The molecular formula is C19H19N3O3S. The molecule has 0 unspecified atom stereocenters. The number of aromatic nitrogens is 2. The van der Waals surface area contributed by atoms with E-state index in [0.29, 0.717) is 34.1 Å². The largest absolute Gasteiger partial charge is 0.337 e. The lowest BCUT2D eigenvalue weighted by atomic mass is 9.99. The fourth-order valence-electron chi connectivity index (χ4n) is 3.57. The summed E-state index contributed by atoms with van der Waals surface area (Å²) in [7, 11) is 3.07. The number of rotatable bonds is 2. The highest BCUT2D eigenvalue weighted by Gasteiger charge is 2.29. The molecule has 7 heteroatoms. The van der Waals surface area contributed by atoms with E-state index in [1.54, 1.807) is 13.1 Å². The van der Waals surface area contributed by atoms with Crippen molar-refractivity contribution in [3.8, 4) is 0 Å². The van der Waals surface area contributed by atoms with Gasteiger partial charge in [-0.05, 0) is 18.1 Å². The Balaban J connectivity index is 1.65. The third kappa shape index (κ3) is 2.59. The Hall–Kier alpha value is -2.67. The van der Waals surface area contributed by atoms with Gasteiger partial charge < -0.3 is 4.90 Å². The van der Waals surface area contributed by atoms with Crippen LogP contribution < -0.4 is 11.2 Å². The molecule has 4 rings (SSSR count). The normalized spacial score (nSPS) is 17.2. The van der Waals surface area contributed by atoms with E-state index < -0.39 is 0 Å². The number of aryl methyl sites for hydroxylation is 1. The van der Waals surface area contributed by atoms with Crippen LogP contribution in [0.1, 0.15) is 27.6 Å². The van der Waals surface area contributed by atoms with Gasteiger partial charge in [-0.1, -0.05) is 30.3 Å². The van der Waals surface area contributed by atoms with Gasteiger partial charge in [0.2, 0.25) is 0 Å². The van der Waals surface area contributed by atoms with Crippen LogP contribution in [0.15, 0.2) is 46.0 Å². The molecule has 0 N–H and O–H groups in total. The van der Waals surface area contributed by atoms with Gasteiger partial charge in [0, 0.05) is 33.1 Å². The maximum absolute atomic E-state index is 12.9. The number of hydrogen-bond donors (Lipinski definition) is 0. The Morgan fingerprint density at radius 1 is 1.12 bits per heavy atom. The molecule has 1 aliphatic rings. The quantitative estimate of drug-likeness (QED) is 0.693. The lowest BCUT2D eigenvalue weighted by molar-refractivity contribution is 0.0795. The van der Waals surface area contributed by atoms with E-state index in [-0.39, 0.29) is 17.2 Å². The van der Waals surface area contributed by atoms with Gasteiger partial charge in [-0.2, -0.15) is 0 Å². The summed E-state index contributed by atoms with van der Waals surface area (Å²) in [6, 6.07) is 11.8. The summed E-state index contributed by atoms with van der Waals surface area (Å²) in [5, 5.41) is 0.418. The first-order valence-electron chi connectivity index (χ1n) is 8.51. The summed E-state index contributed by atoms with van der Waals surface area (Å²) in [6.45, 7) is 1.37. The van der Waals surface area contributed by atoms with Crippen molar-refractivity contribution < 1.29 is 4.79 Å². The minimum atomic E-state index is -0.381. The maximum Gasteiger partial charge on any atom is 0.331 e. The molecule has 0 bridgehead atoms. The van der Waals surface area contributed by atoms with Crippen LogP contribution in [0, 0.1) is 0 Å². The molecule has 1 fully saturated rings. The van der Waals surface area contributed by atoms with Crippen LogP contribution >= 0.6 is 11.3 Å². The minimum Gasteiger partial charge on any atom is -0.337 e. The zero-order valence-corrected chi connectivity index (χ0v) is 15.5. The molecule has 2 aromatic heterocycles. The van der Waals surface area contributed by atoms with Crippen LogP contribution in [0.5, 0.6) is 0 Å². The lowest BCUT2D eigenvalue weighted by Gasteiger charge is -2.15. The van der Waals surface area contributed by atoms with Gasteiger partial charge in [0.05, 0.1) is 10.3 Å². The average Bonchev–Trinajstić information content (AvgIpc) is 3.32. The zero-order chi connectivity index (χ0) is 18.4. The summed E-state index contributed by atoms with van der Waals surface area (Å²) in [6.07, 6.45) is 0.931. The SMILES string of the molecule is Cn1c(=O)c2cc(C(=O)N3CC[C@@H](c4ccccc4)C3)sc2n(C)c1=O. The number of thiophene rings is 1. The number of nitrogens with zero attached hydrogens (tertiary/aromatic N) is 3. The van der Waals surface area contributed by atoms with Gasteiger partial charge in [-0.25, -0.2) is 4.79 Å². The monoisotopic (exact) mass is 369 g/mol. The van der Waals surface area contributed by atoms with Crippen molar-refractivity contribution >= 4 is 27.5 Å². The van der Waals surface area contributed by atoms with E-state index in [2.05, 4.69) is 12.1 Å². The molecule has 26 heavy (non-hydrogen) atoms. The zero-order valence-electron chi connectivity index (χ0n) is 14.6. The number of benzene rings is 1. The Bertz CT molecular complexity index is 1110. The van der Waals surface area contributed by atoms with Gasteiger partial charge >= 0.3 is 5.69 Å². The molecule has 1 aromatic carbocycles. The van der Waals surface area contributed by atoms with E-state index in [1.165, 1.54) is 28.5 Å². The maximum atomic E-state index is 12.9. The Kier molecular flexibility index (Phi) is 4.03. The third-order valence-electron chi connectivity index (χ3n) is 5.08. The number of fused-ring (bicyclic) bond motifs is 1. The van der Waals surface area contributed by atoms with Crippen LogP contribution in [-0.2, 0) is 14.1 Å². The summed E-state index contributed by atoms with van der Waals surface area (Å²) in [4.78, 5) is 40.2. The average molecular weight is 369 g/mol. The number of carbonyl (C=O) groups excluding carboxylic acids is 1. The number of likely N-dealkylation sites (tertiary alicyclic amines) is 1. The van der Waals surface area contributed by atoms with Crippen LogP contribution in [-0.4, -0.2) is 33.0 Å². The fraction of sp³-hybridized carbons (Fsp3) is 0.316. The van der Waals surface area contributed by atoms with E-state index in [1.807, 2.05) is 23.1 Å². The molecule has 3 aromatic rings. The molecule has 0 radical (unpaired) electrons. The summed E-state index contributed by atoms with van der Waals surface area (Å²) >= 11 is 1.21. The minimum absolute atomic E-state index is 0.0702. The fourth-order valence-corrected chi connectivity index (χ4v) is 4.64. The van der Waals surface area contributed by atoms with E-state index >= 15 is 0 Å². The molecule has 1 atom stereocenters. The van der Waals surface area contributed by atoms with Crippen molar-refractivity contribution in [2.75, 3.05) is 13.1 Å². The molecule has 134 valence electrons. The Morgan fingerprint density at radius 2 is 1.85 bits per heavy atom. The molecule has 1 saturated heterocycles. The van der Waals surface area contributed by atoms with Crippen molar-refractivity contribution in [2.24, 2.45) is 14.1 Å². The first-order chi connectivity index (χ1) is 12.5. The second kappa shape index (κ2) is 6.25. The summed E-state index contributed by atoms with van der Waals surface area (Å²) in [5.41, 5.74) is 0.506. The predicted octanol–water partition coefficient (Wildman–Crippen LogP) is 1.93. The second-order valence-corrected chi connectivity index (χ2v) is 7.71. The van der Waals surface area contributed by atoms with Gasteiger partial charge in [0.25, 0.3) is 11.5 Å². The number of hydrogen-bond acceptors (Lipinski definition) is 4. The number of carbonyl (C=O) groups is 1. The smallest absolute Gasteiger partial charge is 0.331 e. The molecule has 0 aliphatic carbocycles. The van der Waals surface area contributed by atoms with Crippen LogP contribution in [0.4, 0.5) is 0 Å². The van der Waals surface area contributed by atoms with Gasteiger partial charge in [0.15, 0.2) is 0 Å². The Morgan fingerprint density at radius 3 is 2.58 bits per heavy atom. The van der Waals surface area contributed by atoms with Crippen LogP contribution in [0.3, 0.4) is 0 Å². The molecule has 0 spiro atoms. The Labute approximate surface area is 153 Å². The third-order valence-corrected chi connectivity index (χ3v) is 6.28. The highest BCUT2D eigenvalue weighted by Crippen LogP contribution is 2.30. The van der Waals surface area contributed by atoms with Crippen molar-refractivity contribution in [1.82, 2.24) is 14.0 Å². The molecule has 1 aliphatic heterocycles. The number of amides is 1. The highest BCUT2D eigenvalue weighted by molar-refractivity contribution is 7.20. The standard InChI is InChI=1S/C19H19N3O3S/c1-20-16(23)14-10-15(26-18(14)21(2)19(20)25)17(24)22-9-8-13(11-22)12-6-4-3-5-7-12/h3-7,10,13H,8-9,11H2,1-2H3/t13-/m1/s1. The molecular weight excluding hydrogens is 350 g/mol. The molecule has 0 saturated carbocycles. The van der Waals surface area contributed by atoms with Gasteiger partial charge in [-0.15, -0.1) is 11.3 Å². The van der Waals surface area contributed by atoms with Crippen LogP contribution in [0.2, 0.25) is 0 Å². The van der Waals surface area contributed by atoms with Crippen molar-refractivity contribution in [1.29, 1.82) is 0 Å². The second-order valence-electron chi connectivity index (χ2n) is 6.68. The van der Waals surface area contributed by atoms with Crippen molar-refractivity contribution in [3.63, 3.8) is 0 Å². The van der Waals surface area contributed by atoms with Crippen molar-refractivity contribution in [2.45, 2.75) is 12.3 Å². The lowest BCUT2D eigenvalue weighted by Crippen LogP contribution is -2.36. The predicted molar refractivity (Wildman–Crippen MR) is 102 cm³/mol.